The molecule has 210 valence electrons. The fraction of sp³-hybridized carbons (Fsp3) is 0.394. The summed E-state index contributed by atoms with van der Waals surface area (Å²) in [4.78, 5) is 32.6. The molecule has 1 aromatic heterocycles. The molecule has 0 aliphatic carbocycles. The lowest BCUT2D eigenvalue weighted by Gasteiger charge is -2.36. The van der Waals surface area contributed by atoms with Gasteiger partial charge in [0.2, 0.25) is 0 Å². The molecule has 1 aliphatic heterocycles. The van der Waals surface area contributed by atoms with Crippen LogP contribution in [0.25, 0.3) is 11.0 Å². The summed E-state index contributed by atoms with van der Waals surface area (Å²) < 4.78 is 8.30. The Bertz CT molecular complexity index is 1480. The second-order valence-electron chi connectivity index (χ2n) is 10.7. The Morgan fingerprint density at radius 1 is 0.975 bits per heavy atom. The van der Waals surface area contributed by atoms with E-state index in [0.29, 0.717) is 19.7 Å². The molecule has 1 aliphatic rings. The third-order valence-electron chi connectivity index (χ3n) is 8.21. The van der Waals surface area contributed by atoms with Gasteiger partial charge in [0.05, 0.1) is 11.0 Å². The molecule has 0 spiro atoms. The van der Waals surface area contributed by atoms with Crippen LogP contribution in [-0.4, -0.2) is 64.1 Å². The van der Waals surface area contributed by atoms with Crippen molar-refractivity contribution in [1.82, 2.24) is 19.4 Å². The lowest BCUT2D eigenvalue weighted by Crippen LogP contribution is -2.44. The minimum absolute atomic E-state index is 0.0160. The number of hydrogen-bond acceptors (Lipinski definition) is 4. The van der Waals surface area contributed by atoms with Crippen molar-refractivity contribution in [2.45, 2.75) is 52.1 Å². The van der Waals surface area contributed by atoms with Gasteiger partial charge in [-0.2, -0.15) is 0 Å². The highest BCUT2D eigenvalue weighted by atomic mass is 16.5. The van der Waals surface area contributed by atoms with Gasteiger partial charge in [-0.3, -0.25) is 14.3 Å². The highest BCUT2D eigenvalue weighted by Gasteiger charge is 2.26. The number of fused-ring (bicyclic) bond motifs is 1. The highest BCUT2D eigenvalue weighted by molar-refractivity contribution is 5.94. The Hall–Kier alpha value is -3.84. The zero-order chi connectivity index (χ0) is 28.1. The van der Waals surface area contributed by atoms with E-state index in [9.17, 15) is 9.59 Å². The minimum Gasteiger partial charge on any atom is -0.492 e. The number of nitrogens with zero attached hydrogens (tertiary/aromatic N) is 3. The molecule has 7 heteroatoms. The Morgan fingerprint density at radius 2 is 1.65 bits per heavy atom. The maximum absolute atomic E-state index is 12.6. The van der Waals surface area contributed by atoms with Crippen molar-refractivity contribution in [3.63, 3.8) is 0 Å². The zero-order valence-electron chi connectivity index (χ0n) is 23.8. The Labute approximate surface area is 236 Å². The second-order valence-corrected chi connectivity index (χ2v) is 10.7. The molecule has 0 radical (unpaired) electrons. The molecule has 1 amide bonds. The van der Waals surface area contributed by atoms with E-state index in [1.54, 1.807) is 0 Å². The van der Waals surface area contributed by atoms with Gasteiger partial charge in [-0.1, -0.05) is 42.5 Å². The van der Waals surface area contributed by atoms with Gasteiger partial charge in [0.25, 0.3) is 5.91 Å². The van der Waals surface area contributed by atoms with Crippen LogP contribution >= 0.6 is 0 Å². The second kappa shape index (κ2) is 12.6. The van der Waals surface area contributed by atoms with Crippen molar-refractivity contribution in [2.24, 2.45) is 0 Å². The van der Waals surface area contributed by atoms with Gasteiger partial charge < -0.3 is 14.6 Å². The standard InChI is InChI=1S/C33H40N4O3/c1-4-35(5-2)32(38)26-16-14-25(15-17-26)22-27-10-6-9-13-31(27)40-23-24(3)36-20-18-28(19-21-36)37-30-12-8-7-11-29(30)34-33(37)39/h6-17,24,28H,4-5,18-23H2,1-3H3,(H,34,39). The molecule has 40 heavy (non-hydrogen) atoms. The Kier molecular flexibility index (Phi) is 8.70. The molecule has 7 nitrogen and oxygen atoms in total. The number of nitrogens with one attached hydrogen (secondary N) is 1. The molecular formula is C33H40N4O3. The molecule has 3 aromatic carbocycles. The van der Waals surface area contributed by atoms with E-state index in [-0.39, 0.29) is 23.7 Å². The van der Waals surface area contributed by atoms with E-state index < -0.39 is 0 Å². The summed E-state index contributed by atoms with van der Waals surface area (Å²) in [6, 6.07) is 24.5. The largest absolute Gasteiger partial charge is 0.492 e. The van der Waals surface area contributed by atoms with Crippen LogP contribution in [0.15, 0.2) is 77.6 Å². The van der Waals surface area contributed by atoms with Gasteiger partial charge in [0.1, 0.15) is 12.4 Å². The maximum atomic E-state index is 12.6. The van der Waals surface area contributed by atoms with E-state index in [1.807, 2.05) is 90.0 Å². The first-order chi connectivity index (χ1) is 19.5. The maximum Gasteiger partial charge on any atom is 0.326 e. The molecule has 1 N–H and O–H groups in total. The number of para-hydroxylation sites is 3. The van der Waals surface area contributed by atoms with Gasteiger partial charge in [0, 0.05) is 50.2 Å². The number of carbonyl (C=O) groups is 1. The van der Waals surface area contributed by atoms with Crippen LogP contribution in [0.1, 0.15) is 61.1 Å². The first-order valence-corrected chi connectivity index (χ1v) is 14.5. The highest BCUT2D eigenvalue weighted by Crippen LogP contribution is 2.27. The summed E-state index contributed by atoms with van der Waals surface area (Å²) in [6.07, 6.45) is 2.62. The van der Waals surface area contributed by atoms with Gasteiger partial charge in [-0.05, 0) is 75.1 Å². The van der Waals surface area contributed by atoms with Crippen molar-refractivity contribution < 1.29 is 9.53 Å². The van der Waals surface area contributed by atoms with E-state index >= 15 is 0 Å². The van der Waals surface area contributed by atoms with Gasteiger partial charge in [0.15, 0.2) is 0 Å². The average Bonchev–Trinajstić information content (AvgIpc) is 3.33. The van der Waals surface area contributed by atoms with Crippen molar-refractivity contribution in [3.8, 4) is 5.75 Å². The molecular weight excluding hydrogens is 500 g/mol. The molecule has 1 unspecified atom stereocenters. The number of likely N-dealkylation sites (tertiary alicyclic amines) is 1. The van der Waals surface area contributed by atoms with Gasteiger partial charge in [-0.25, -0.2) is 4.79 Å². The summed E-state index contributed by atoms with van der Waals surface area (Å²) in [7, 11) is 0. The Morgan fingerprint density at radius 3 is 2.38 bits per heavy atom. The number of hydrogen-bond donors (Lipinski definition) is 1. The SMILES string of the molecule is CCN(CC)C(=O)c1ccc(Cc2ccccc2OCC(C)N2CCC(n3c(=O)[nH]c4ccccc43)CC2)cc1. The summed E-state index contributed by atoms with van der Waals surface area (Å²) in [5, 5.41) is 0. The third-order valence-corrected chi connectivity index (χ3v) is 8.21. The minimum atomic E-state index is -0.0160. The quantitative estimate of drug-likeness (QED) is 0.288. The number of rotatable bonds is 10. The number of carbonyl (C=O) groups excluding carboxylic acids is 1. The normalized spacial score (nSPS) is 15.3. The number of benzene rings is 3. The monoisotopic (exact) mass is 540 g/mol. The van der Waals surface area contributed by atoms with Crippen LogP contribution < -0.4 is 10.4 Å². The number of ether oxygens (including phenoxy) is 1. The third kappa shape index (κ3) is 5.99. The summed E-state index contributed by atoms with van der Waals surface area (Å²) in [5.74, 6) is 0.977. The summed E-state index contributed by atoms with van der Waals surface area (Å²) >= 11 is 0. The number of amides is 1. The van der Waals surface area contributed by atoms with E-state index in [2.05, 4.69) is 22.9 Å². The number of aromatic nitrogens is 2. The molecule has 0 bridgehead atoms. The smallest absolute Gasteiger partial charge is 0.326 e. The average molecular weight is 541 g/mol. The topological polar surface area (TPSA) is 70.6 Å². The predicted molar refractivity (Wildman–Crippen MR) is 160 cm³/mol. The van der Waals surface area contributed by atoms with E-state index in [4.69, 9.17) is 4.74 Å². The fourth-order valence-electron chi connectivity index (χ4n) is 5.81. The van der Waals surface area contributed by atoms with E-state index in [1.165, 1.54) is 0 Å². The molecule has 5 rings (SSSR count). The number of piperidine rings is 1. The van der Waals surface area contributed by atoms with Gasteiger partial charge in [-0.15, -0.1) is 0 Å². The number of H-pyrrole nitrogens is 1. The number of imidazole rings is 1. The zero-order valence-corrected chi connectivity index (χ0v) is 23.8. The Balaban J connectivity index is 1.17. The van der Waals surface area contributed by atoms with Crippen LogP contribution in [-0.2, 0) is 6.42 Å². The van der Waals surface area contributed by atoms with Gasteiger partial charge >= 0.3 is 5.69 Å². The van der Waals surface area contributed by atoms with Crippen LogP contribution in [0.5, 0.6) is 5.75 Å². The number of aromatic amines is 1. The summed E-state index contributed by atoms with van der Waals surface area (Å²) in [5.41, 5.74) is 4.88. The lowest BCUT2D eigenvalue weighted by molar-refractivity contribution is 0.0773. The van der Waals surface area contributed by atoms with Crippen LogP contribution in [0.2, 0.25) is 0 Å². The van der Waals surface area contributed by atoms with Crippen LogP contribution in [0.3, 0.4) is 0 Å². The molecule has 1 fully saturated rings. The van der Waals surface area contributed by atoms with E-state index in [0.717, 1.165) is 65.8 Å². The molecule has 1 saturated heterocycles. The first-order valence-electron chi connectivity index (χ1n) is 14.5. The summed E-state index contributed by atoms with van der Waals surface area (Å²) in [6.45, 7) is 10.1. The molecule has 4 aromatic rings. The fourth-order valence-corrected chi connectivity index (χ4v) is 5.81. The lowest BCUT2D eigenvalue weighted by atomic mass is 10.0. The first kappa shape index (κ1) is 27.7. The molecule has 2 heterocycles. The van der Waals surface area contributed by atoms with Crippen molar-refractivity contribution in [1.29, 1.82) is 0 Å². The molecule has 0 saturated carbocycles. The van der Waals surface area contributed by atoms with Crippen LogP contribution in [0, 0.1) is 0 Å². The van der Waals surface area contributed by atoms with Crippen molar-refractivity contribution in [2.75, 3.05) is 32.8 Å². The van der Waals surface area contributed by atoms with Crippen LogP contribution in [0.4, 0.5) is 0 Å². The predicted octanol–water partition coefficient (Wildman–Crippen LogP) is 5.51. The van der Waals surface area contributed by atoms with Crippen molar-refractivity contribution in [3.05, 3.63) is 100.0 Å². The van der Waals surface area contributed by atoms with Crippen molar-refractivity contribution >= 4 is 16.9 Å². The molecule has 1 atom stereocenters.